The molecule has 33 heavy (non-hydrogen) atoms. The molecule has 3 rings (SSSR count). The van der Waals surface area contributed by atoms with Gasteiger partial charge < -0.3 is 4.74 Å². The number of thiazole rings is 1. The van der Waals surface area contributed by atoms with Gasteiger partial charge in [0.05, 0.1) is 18.0 Å². The number of nitrogens with zero attached hydrogens (tertiary/aromatic N) is 1. The molecule has 4 heteroatoms. The summed E-state index contributed by atoms with van der Waals surface area (Å²) in [5.74, 6) is 0.273. The summed E-state index contributed by atoms with van der Waals surface area (Å²) in [7, 11) is 0. The smallest absolute Gasteiger partial charge is 0.315 e. The fourth-order valence-corrected chi connectivity index (χ4v) is 5.00. The maximum Gasteiger partial charge on any atom is 0.315 e. The standard InChI is InChI=1S/C29H39NO2S/c1-11-32-26-19(4)30(27(31)33-26)25-23(18(2)3)13-12-14-24(25)20-15-21(28(5,6)7)17-22(16-20)29(8,9)10/h12-18H,11H2,1-10H3. The predicted octanol–water partition coefficient (Wildman–Crippen LogP) is 7.99. The molecule has 1 aromatic heterocycles. The molecule has 2 aromatic carbocycles. The van der Waals surface area contributed by atoms with Crippen LogP contribution in [0.15, 0.2) is 41.2 Å². The van der Waals surface area contributed by atoms with Crippen LogP contribution in [0.2, 0.25) is 0 Å². The van der Waals surface area contributed by atoms with Gasteiger partial charge in [0.15, 0.2) is 5.06 Å². The summed E-state index contributed by atoms with van der Waals surface area (Å²) in [6.45, 7) is 22.4. The van der Waals surface area contributed by atoms with Gasteiger partial charge in [-0.2, -0.15) is 0 Å². The van der Waals surface area contributed by atoms with E-state index in [0.717, 1.165) is 28.1 Å². The zero-order valence-electron chi connectivity index (χ0n) is 21.9. The van der Waals surface area contributed by atoms with Gasteiger partial charge in [0.1, 0.15) is 0 Å². The van der Waals surface area contributed by atoms with Crippen molar-refractivity contribution in [1.82, 2.24) is 4.57 Å². The molecule has 0 spiro atoms. The van der Waals surface area contributed by atoms with Gasteiger partial charge in [-0.3, -0.25) is 9.36 Å². The molecule has 178 valence electrons. The Morgan fingerprint density at radius 2 is 1.55 bits per heavy atom. The molecule has 0 aliphatic rings. The Balaban J connectivity index is 2.42. The Hall–Kier alpha value is -2.33. The number of aromatic nitrogens is 1. The Bertz CT molecular complexity index is 1170. The van der Waals surface area contributed by atoms with Gasteiger partial charge in [0.2, 0.25) is 0 Å². The molecule has 0 aliphatic heterocycles. The van der Waals surface area contributed by atoms with Crippen molar-refractivity contribution in [2.24, 2.45) is 0 Å². The second-order valence-corrected chi connectivity index (χ2v) is 12.1. The quantitative estimate of drug-likeness (QED) is 0.382. The van der Waals surface area contributed by atoms with Gasteiger partial charge in [-0.15, -0.1) is 0 Å². The minimum Gasteiger partial charge on any atom is -0.483 e. The van der Waals surface area contributed by atoms with Crippen molar-refractivity contribution in [1.29, 1.82) is 0 Å². The zero-order chi connectivity index (χ0) is 24.7. The first-order valence-corrected chi connectivity index (χ1v) is 12.7. The lowest BCUT2D eigenvalue weighted by Crippen LogP contribution is -2.18. The Labute approximate surface area is 203 Å². The third-order valence-corrected chi connectivity index (χ3v) is 7.11. The highest BCUT2D eigenvalue weighted by Gasteiger charge is 2.25. The van der Waals surface area contributed by atoms with Gasteiger partial charge in [0, 0.05) is 5.56 Å². The van der Waals surface area contributed by atoms with E-state index in [0.29, 0.717) is 11.7 Å². The molecule has 3 nitrogen and oxygen atoms in total. The molecule has 1 heterocycles. The largest absolute Gasteiger partial charge is 0.483 e. The highest BCUT2D eigenvalue weighted by molar-refractivity contribution is 7.11. The third kappa shape index (κ3) is 5.11. The van der Waals surface area contributed by atoms with Crippen LogP contribution in [0, 0.1) is 6.92 Å². The molecule has 0 radical (unpaired) electrons. The molecule has 0 aliphatic carbocycles. The van der Waals surface area contributed by atoms with Crippen LogP contribution < -0.4 is 9.61 Å². The fourth-order valence-electron chi connectivity index (χ4n) is 4.11. The molecule has 0 amide bonds. The van der Waals surface area contributed by atoms with E-state index in [9.17, 15) is 4.79 Å². The van der Waals surface area contributed by atoms with Crippen LogP contribution in [-0.2, 0) is 10.8 Å². The van der Waals surface area contributed by atoms with Crippen molar-refractivity contribution in [2.75, 3.05) is 6.61 Å². The van der Waals surface area contributed by atoms with E-state index in [4.69, 9.17) is 4.74 Å². The molecule has 0 atom stereocenters. The fraction of sp³-hybridized carbons (Fsp3) is 0.483. The van der Waals surface area contributed by atoms with E-state index < -0.39 is 0 Å². The first-order valence-electron chi connectivity index (χ1n) is 11.9. The van der Waals surface area contributed by atoms with Gasteiger partial charge in [-0.1, -0.05) is 91.8 Å². The van der Waals surface area contributed by atoms with Crippen molar-refractivity contribution in [3.8, 4) is 21.9 Å². The van der Waals surface area contributed by atoms with Crippen molar-refractivity contribution < 1.29 is 4.74 Å². The van der Waals surface area contributed by atoms with Crippen LogP contribution in [0.3, 0.4) is 0 Å². The summed E-state index contributed by atoms with van der Waals surface area (Å²) < 4.78 is 7.65. The van der Waals surface area contributed by atoms with Crippen LogP contribution in [0.4, 0.5) is 0 Å². The van der Waals surface area contributed by atoms with E-state index in [1.54, 1.807) is 0 Å². The van der Waals surface area contributed by atoms with Crippen molar-refractivity contribution in [3.63, 3.8) is 0 Å². The Morgan fingerprint density at radius 3 is 2.03 bits per heavy atom. The lowest BCUT2D eigenvalue weighted by atomic mass is 9.78. The highest BCUT2D eigenvalue weighted by Crippen LogP contribution is 2.39. The maximum atomic E-state index is 13.2. The summed E-state index contributed by atoms with van der Waals surface area (Å²) in [5.41, 5.74) is 7.88. The van der Waals surface area contributed by atoms with Crippen LogP contribution in [0.1, 0.15) is 90.6 Å². The molecule has 0 N–H and O–H groups in total. The molecule has 0 saturated carbocycles. The summed E-state index contributed by atoms with van der Waals surface area (Å²) in [5, 5.41) is 0.700. The van der Waals surface area contributed by atoms with E-state index in [1.165, 1.54) is 22.5 Å². The topological polar surface area (TPSA) is 31.2 Å². The number of ether oxygens (including phenoxy) is 1. The van der Waals surface area contributed by atoms with Crippen LogP contribution in [-0.4, -0.2) is 11.2 Å². The second kappa shape index (κ2) is 9.13. The first-order chi connectivity index (χ1) is 15.3. The molecule has 0 fully saturated rings. The van der Waals surface area contributed by atoms with Gasteiger partial charge in [-0.05, 0) is 64.2 Å². The predicted molar refractivity (Wildman–Crippen MR) is 143 cm³/mol. The number of benzene rings is 2. The Kier molecular flexibility index (Phi) is 7.00. The van der Waals surface area contributed by atoms with E-state index in [2.05, 4.69) is 91.8 Å². The summed E-state index contributed by atoms with van der Waals surface area (Å²) in [4.78, 5) is 13.2. The van der Waals surface area contributed by atoms with Crippen molar-refractivity contribution >= 4 is 11.3 Å². The molecule has 0 bridgehead atoms. The van der Waals surface area contributed by atoms with Crippen molar-refractivity contribution in [2.45, 2.75) is 86.0 Å². The molecule has 0 saturated heterocycles. The minimum absolute atomic E-state index is 0.00618. The summed E-state index contributed by atoms with van der Waals surface area (Å²) in [6, 6.07) is 13.4. The highest BCUT2D eigenvalue weighted by atomic mass is 32.1. The molecule has 3 aromatic rings. The minimum atomic E-state index is -0.00618. The number of rotatable bonds is 5. The SMILES string of the molecule is CCOc1sc(=O)n(-c2c(-c3cc(C(C)(C)C)cc(C(C)(C)C)c3)cccc2C(C)C)c1C. The monoisotopic (exact) mass is 465 g/mol. The van der Waals surface area contributed by atoms with Crippen LogP contribution >= 0.6 is 11.3 Å². The van der Waals surface area contributed by atoms with E-state index in [1.807, 2.05) is 18.4 Å². The molecule has 0 unspecified atom stereocenters. The van der Waals surface area contributed by atoms with Gasteiger partial charge in [0.25, 0.3) is 0 Å². The molecular weight excluding hydrogens is 426 g/mol. The van der Waals surface area contributed by atoms with E-state index in [-0.39, 0.29) is 21.6 Å². The van der Waals surface area contributed by atoms with Gasteiger partial charge >= 0.3 is 4.87 Å². The lowest BCUT2D eigenvalue weighted by Gasteiger charge is -2.27. The second-order valence-electron chi connectivity index (χ2n) is 11.2. The van der Waals surface area contributed by atoms with Crippen LogP contribution in [0.5, 0.6) is 5.06 Å². The zero-order valence-corrected chi connectivity index (χ0v) is 22.7. The first kappa shape index (κ1) is 25.3. The van der Waals surface area contributed by atoms with Crippen molar-refractivity contribution in [3.05, 3.63) is 68.4 Å². The lowest BCUT2D eigenvalue weighted by molar-refractivity contribution is 0.346. The number of para-hydroxylation sites is 1. The number of hydrogen-bond donors (Lipinski definition) is 0. The maximum absolute atomic E-state index is 13.2. The van der Waals surface area contributed by atoms with Crippen LogP contribution in [0.25, 0.3) is 16.8 Å². The average Bonchev–Trinajstić information content (AvgIpc) is 2.99. The average molecular weight is 466 g/mol. The molecular formula is C29H39NO2S. The van der Waals surface area contributed by atoms with E-state index >= 15 is 0 Å². The normalized spacial score (nSPS) is 12.5. The third-order valence-electron chi connectivity index (χ3n) is 6.16. The summed E-state index contributed by atoms with van der Waals surface area (Å²) >= 11 is 1.18. The number of hydrogen-bond acceptors (Lipinski definition) is 3. The van der Waals surface area contributed by atoms with Gasteiger partial charge in [-0.25, -0.2) is 0 Å². The Morgan fingerprint density at radius 1 is 0.970 bits per heavy atom. The summed E-state index contributed by atoms with van der Waals surface area (Å²) in [6.07, 6.45) is 0.